The fourth-order valence-electron chi connectivity index (χ4n) is 1.67. The number of halogens is 3. The van der Waals surface area contributed by atoms with Gasteiger partial charge in [-0.1, -0.05) is 6.07 Å². The second-order valence-electron chi connectivity index (χ2n) is 4.18. The highest BCUT2D eigenvalue weighted by molar-refractivity contribution is 6.14. The van der Waals surface area contributed by atoms with Crippen molar-refractivity contribution in [1.82, 2.24) is 0 Å². The van der Waals surface area contributed by atoms with E-state index in [-0.39, 0.29) is 16.7 Å². The fourth-order valence-corrected chi connectivity index (χ4v) is 1.67. The standard InChI is InChI=1S/C16H8F3NO/c17-13-4-2-11(3-5-13)16(21)12(9-20)7-10-1-6-14(18)15(19)8-10/h1-8H/b12-7+. The molecule has 5 heteroatoms. The van der Waals surface area contributed by atoms with Crippen LogP contribution in [0.3, 0.4) is 0 Å². The first kappa shape index (κ1) is 14.5. The maximum Gasteiger partial charge on any atom is 0.203 e. The van der Waals surface area contributed by atoms with Crippen molar-refractivity contribution in [2.24, 2.45) is 0 Å². The SMILES string of the molecule is N#C/C(=C\c1ccc(F)c(F)c1)C(=O)c1ccc(F)cc1. The van der Waals surface area contributed by atoms with Crippen LogP contribution in [0.25, 0.3) is 6.08 Å². The molecule has 0 fully saturated rings. The molecule has 0 saturated carbocycles. The van der Waals surface area contributed by atoms with Crippen LogP contribution in [0.1, 0.15) is 15.9 Å². The molecule has 0 radical (unpaired) electrons. The summed E-state index contributed by atoms with van der Waals surface area (Å²) in [6, 6.07) is 9.41. The van der Waals surface area contributed by atoms with Crippen molar-refractivity contribution in [3.8, 4) is 6.07 Å². The molecule has 0 N–H and O–H groups in total. The zero-order valence-corrected chi connectivity index (χ0v) is 10.6. The normalized spacial score (nSPS) is 11.0. The smallest absolute Gasteiger partial charge is 0.203 e. The van der Waals surface area contributed by atoms with Gasteiger partial charge in [-0.3, -0.25) is 4.79 Å². The van der Waals surface area contributed by atoms with E-state index in [4.69, 9.17) is 5.26 Å². The van der Waals surface area contributed by atoms with Gasteiger partial charge in [-0.15, -0.1) is 0 Å². The third kappa shape index (κ3) is 3.37. The summed E-state index contributed by atoms with van der Waals surface area (Å²) in [5, 5.41) is 9.02. The molecule has 2 rings (SSSR count). The van der Waals surface area contributed by atoms with Crippen LogP contribution in [-0.4, -0.2) is 5.78 Å². The molecule has 0 aliphatic carbocycles. The maximum absolute atomic E-state index is 13.1. The van der Waals surface area contributed by atoms with E-state index in [2.05, 4.69) is 0 Å². The zero-order valence-electron chi connectivity index (χ0n) is 10.6. The van der Waals surface area contributed by atoms with Crippen LogP contribution in [0, 0.1) is 28.8 Å². The van der Waals surface area contributed by atoms with Gasteiger partial charge in [0.05, 0.1) is 0 Å². The minimum atomic E-state index is -1.07. The lowest BCUT2D eigenvalue weighted by atomic mass is 10.0. The van der Waals surface area contributed by atoms with Crippen molar-refractivity contribution in [1.29, 1.82) is 5.26 Å². The van der Waals surface area contributed by atoms with Gasteiger partial charge in [-0.05, 0) is 48.0 Å². The Morgan fingerprint density at radius 2 is 1.67 bits per heavy atom. The first-order chi connectivity index (χ1) is 10.0. The van der Waals surface area contributed by atoms with Gasteiger partial charge >= 0.3 is 0 Å². The Kier molecular flexibility index (Phi) is 4.19. The highest BCUT2D eigenvalue weighted by Gasteiger charge is 2.12. The highest BCUT2D eigenvalue weighted by Crippen LogP contribution is 2.15. The summed E-state index contributed by atoms with van der Waals surface area (Å²) in [6.07, 6.45) is 1.15. The molecule has 0 spiro atoms. The van der Waals surface area contributed by atoms with Crippen molar-refractivity contribution in [2.45, 2.75) is 0 Å². The van der Waals surface area contributed by atoms with Gasteiger partial charge in [0.25, 0.3) is 0 Å². The Hall–Kier alpha value is -2.87. The Balaban J connectivity index is 2.36. The van der Waals surface area contributed by atoms with Gasteiger partial charge in [0.2, 0.25) is 5.78 Å². The number of Topliss-reactive ketones (excluding diaryl/α,β-unsaturated/α-hetero) is 1. The topological polar surface area (TPSA) is 40.9 Å². The molecule has 21 heavy (non-hydrogen) atoms. The molecule has 2 aromatic carbocycles. The van der Waals surface area contributed by atoms with Crippen LogP contribution in [0.15, 0.2) is 48.0 Å². The Morgan fingerprint density at radius 3 is 2.24 bits per heavy atom. The average molecular weight is 287 g/mol. The van der Waals surface area contributed by atoms with Gasteiger partial charge in [-0.25, -0.2) is 13.2 Å². The number of hydrogen-bond acceptors (Lipinski definition) is 2. The van der Waals surface area contributed by atoms with Gasteiger partial charge in [0.15, 0.2) is 11.6 Å². The predicted octanol–water partition coefficient (Wildman–Crippen LogP) is 3.89. The maximum atomic E-state index is 13.1. The molecular weight excluding hydrogens is 279 g/mol. The van der Waals surface area contributed by atoms with Crippen molar-refractivity contribution < 1.29 is 18.0 Å². The largest absolute Gasteiger partial charge is 0.288 e. The predicted molar refractivity (Wildman–Crippen MR) is 70.7 cm³/mol. The number of allylic oxidation sites excluding steroid dienone is 1. The summed E-state index contributed by atoms with van der Waals surface area (Å²) in [5.74, 6) is -3.22. The number of rotatable bonds is 3. The van der Waals surface area contributed by atoms with E-state index in [1.807, 2.05) is 0 Å². The van der Waals surface area contributed by atoms with Crippen LogP contribution in [0.2, 0.25) is 0 Å². The van der Waals surface area contributed by atoms with E-state index >= 15 is 0 Å². The molecule has 0 amide bonds. The summed E-state index contributed by atoms with van der Waals surface area (Å²) >= 11 is 0. The number of hydrogen-bond donors (Lipinski definition) is 0. The molecule has 0 saturated heterocycles. The van der Waals surface area contributed by atoms with Gasteiger partial charge < -0.3 is 0 Å². The van der Waals surface area contributed by atoms with Crippen LogP contribution in [-0.2, 0) is 0 Å². The highest BCUT2D eigenvalue weighted by atomic mass is 19.2. The number of benzene rings is 2. The molecule has 0 aliphatic rings. The lowest BCUT2D eigenvalue weighted by molar-refractivity contribution is 0.104. The lowest BCUT2D eigenvalue weighted by Crippen LogP contribution is -2.02. The number of carbonyl (C=O) groups excluding carboxylic acids is 1. The molecule has 2 nitrogen and oxygen atoms in total. The van der Waals surface area contributed by atoms with E-state index < -0.39 is 23.2 Å². The Bertz CT molecular complexity index is 758. The van der Waals surface area contributed by atoms with Gasteiger partial charge in [0.1, 0.15) is 17.5 Å². The molecule has 0 aromatic heterocycles. The van der Waals surface area contributed by atoms with Crippen LogP contribution < -0.4 is 0 Å². The van der Waals surface area contributed by atoms with Crippen LogP contribution >= 0.6 is 0 Å². The summed E-state index contributed by atoms with van der Waals surface area (Å²) in [7, 11) is 0. The van der Waals surface area contributed by atoms with Crippen molar-refractivity contribution >= 4 is 11.9 Å². The molecule has 0 bridgehead atoms. The summed E-state index contributed by atoms with van der Waals surface area (Å²) in [6.45, 7) is 0. The molecule has 0 atom stereocenters. The number of nitrogens with zero attached hydrogens (tertiary/aromatic N) is 1. The Labute approximate surface area is 118 Å². The third-order valence-corrected chi connectivity index (χ3v) is 2.73. The zero-order chi connectivity index (χ0) is 15.4. The van der Waals surface area contributed by atoms with Crippen molar-refractivity contribution in [3.05, 3.63) is 76.6 Å². The van der Waals surface area contributed by atoms with Crippen molar-refractivity contribution in [2.75, 3.05) is 0 Å². The minimum absolute atomic E-state index is 0.131. The van der Waals surface area contributed by atoms with Gasteiger partial charge in [0, 0.05) is 5.56 Å². The molecule has 0 aliphatic heterocycles. The minimum Gasteiger partial charge on any atom is -0.288 e. The quantitative estimate of drug-likeness (QED) is 0.488. The van der Waals surface area contributed by atoms with E-state index in [0.717, 1.165) is 30.3 Å². The first-order valence-electron chi connectivity index (χ1n) is 5.88. The molecule has 0 heterocycles. The van der Waals surface area contributed by atoms with E-state index in [0.29, 0.717) is 0 Å². The monoisotopic (exact) mass is 287 g/mol. The fraction of sp³-hybridized carbons (Fsp3) is 0. The van der Waals surface area contributed by atoms with E-state index in [1.165, 1.54) is 18.2 Å². The number of carbonyl (C=O) groups is 1. The van der Waals surface area contributed by atoms with Gasteiger partial charge in [-0.2, -0.15) is 5.26 Å². The molecule has 0 unspecified atom stereocenters. The van der Waals surface area contributed by atoms with Crippen LogP contribution in [0.4, 0.5) is 13.2 Å². The molecular formula is C16H8F3NO. The molecule has 2 aromatic rings. The van der Waals surface area contributed by atoms with Crippen molar-refractivity contribution in [3.63, 3.8) is 0 Å². The summed E-state index contributed by atoms with van der Waals surface area (Å²) in [5.41, 5.74) is 0.0558. The third-order valence-electron chi connectivity index (χ3n) is 2.73. The number of nitriles is 1. The number of ketones is 1. The first-order valence-corrected chi connectivity index (χ1v) is 5.88. The van der Waals surface area contributed by atoms with E-state index in [1.54, 1.807) is 6.07 Å². The van der Waals surface area contributed by atoms with Crippen LogP contribution in [0.5, 0.6) is 0 Å². The Morgan fingerprint density at radius 1 is 1.00 bits per heavy atom. The molecule has 104 valence electrons. The lowest BCUT2D eigenvalue weighted by Gasteiger charge is -2.00. The summed E-state index contributed by atoms with van der Waals surface area (Å²) < 4.78 is 38.7. The average Bonchev–Trinajstić information content (AvgIpc) is 2.48. The second kappa shape index (κ2) is 6.06. The van der Waals surface area contributed by atoms with E-state index in [9.17, 15) is 18.0 Å². The second-order valence-corrected chi connectivity index (χ2v) is 4.18. The summed E-state index contributed by atoms with van der Waals surface area (Å²) in [4.78, 5) is 12.1.